The zero-order chi connectivity index (χ0) is 44.6. The highest BCUT2D eigenvalue weighted by molar-refractivity contribution is 5.99. The van der Waals surface area contributed by atoms with E-state index in [0.717, 1.165) is 38.9 Å². The van der Waals surface area contributed by atoms with Gasteiger partial charge < -0.3 is 4.90 Å². The third-order valence-electron chi connectivity index (χ3n) is 9.69. The van der Waals surface area contributed by atoms with Crippen LogP contribution in [-0.2, 0) is 0 Å². The highest BCUT2D eigenvalue weighted by Crippen LogP contribution is 2.47. The second-order valence-electron chi connectivity index (χ2n) is 13.0. The van der Waals surface area contributed by atoms with Crippen LogP contribution in [0, 0.1) is 0 Å². The summed E-state index contributed by atoms with van der Waals surface area (Å²) in [6.45, 7) is 0. The molecule has 0 N–H and O–H groups in total. The molecule has 0 spiro atoms. The van der Waals surface area contributed by atoms with E-state index in [0.29, 0.717) is 16.8 Å². The van der Waals surface area contributed by atoms with Gasteiger partial charge in [0.25, 0.3) is 0 Å². The van der Waals surface area contributed by atoms with Gasteiger partial charge >= 0.3 is 0 Å². The molecule has 0 heterocycles. The van der Waals surface area contributed by atoms with Crippen LogP contribution in [0.25, 0.3) is 66.8 Å². The molecule has 9 rings (SSSR count). The van der Waals surface area contributed by atoms with Gasteiger partial charge in [-0.1, -0.05) is 212 Å². The number of anilines is 3. The maximum Gasteiger partial charge on any atom is 0.0645 e. The standard InChI is InChI=1S/C54H39N/c1-4-18-40(19-5-1)41-32-34-42(35-33-41)43-36-38-46(39-37-43)55(53-30-16-14-25-48(53)45-22-8-3-9-23-45)54-31-17-15-29-52(54)51-28-13-12-27-50(51)49-26-11-10-24-47(49)44-20-6-2-7-21-44/h1-39H/i3D,8D,9D,22D,23D,36D,37D,38D,39D. The van der Waals surface area contributed by atoms with Gasteiger partial charge in [-0.3, -0.25) is 0 Å². The summed E-state index contributed by atoms with van der Waals surface area (Å²) >= 11 is 0. The van der Waals surface area contributed by atoms with E-state index >= 15 is 0 Å². The van der Waals surface area contributed by atoms with Crippen LogP contribution in [-0.4, -0.2) is 0 Å². The quantitative estimate of drug-likeness (QED) is 0.144. The Morgan fingerprint density at radius 3 is 1.25 bits per heavy atom. The van der Waals surface area contributed by atoms with Gasteiger partial charge in [0.15, 0.2) is 0 Å². The first kappa shape index (κ1) is 24.9. The van der Waals surface area contributed by atoms with E-state index in [4.69, 9.17) is 6.85 Å². The minimum Gasteiger partial charge on any atom is -0.309 e. The highest BCUT2D eigenvalue weighted by atomic mass is 15.1. The predicted octanol–water partition coefficient (Wildman–Crippen LogP) is 15.2. The lowest BCUT2D eigenvalue weighted by atomic mass is 9.88. The highest BCUT2D eigenvalue weighted by Gasteiger charge is 2.22. The molecule has 0 aliphatic rings. The summed E-state index contributed by atoms with van der Waals surface area (Å²) < 4.78 is 82.2. The summed E-state index contributed by atoms with van der Waals surface area (Å²) in [6, 6.07) is 54.3. The third kappa shape index (κ3) is 6.88. The van der Waals surface area contributed by atoms with Crippen molar-refractivity contribution in [3.05, 3.63) is 236 Å². The zero-order valence-electron chi connectivity index (χ0n) is 38.8. The zero-order valence-corrected chi connectivity index (χ0v) is 29.8. The smallest absolute Gasteiger partial charge is 0.0645 e. The summed E-state index contributed by atoms with van der Waals surface area (Å²) in [7, 11) is 0. The van der Waals surface area contributed by atoms with Crippen LogP contribution in [0.2, 0.25) is 0 Å². The molecule has 0 fully saturated rings. The summed E-state index contributed by atoms with van der Waals surface area (Å²) in [6.07, 6.45) is 0. The van der Waals surface area contributed by atoms with Crippen molar-refractivity contribution in [2.24, 2.45) is 0 Å². The Labute approximate surface area is 336 Å². The number of hydrogen-bond donors (Lipinski definition) is 0. The molecule has 0 saturated carbocycles. The molecule has 0 amide bonds. The van der Waals surface area contributed by atoms with Crippen molar-refractivity contribution >= 4 is 17.1 Å². The lowest BCUT2D eigenvalue weighted by Crippen LogP contribution is -2.12. The largest absolute Gasteiger partial charge is 0.309 e. The first-order chi connectivity index (χ1) is 31.1. The molecular weight excluding hydrogens is 663 g/mol. The minimum atomic E-state index is -0.530. The second kappa shape index (κ2) is 15.4. The molecule has 1 heteroatoms. The van der Waals surface area contributed by atoms with Crippen LogP contribution in [0.1, 0.15) is 12.3 Å². The van der Waals surface area contributed by atoms with Gasteiger partial charge in [0.2, 0.25) is 0 Å². The average Bonchev–Trinajstić information content (AvgIpc) is 3.34. The number of para-hydroxylation sites is 2. The summed E-state index contributed by atoms with van der Waals surface area (Å²) in [5, 5.41) is 0. The van der Waals surface area contributed by atoms with Gasteiger partial charge in [-0.2, -0.15) is 0 Å². The second-order valence-corrected chi connectivity index (χ2v) is 13.0. The molecule has 0 aromatic heterocycles. The molecule has 55 heavy (non-hydrogen) atoms. The molecule has 0 aliphatic carbocycles. The molecule has 0 aliphatic heterocycles. The topological polar surface area (TPSA) is 3.24 Å². The van der Waals surface area contributed by atoms with Crippen molar-refractivity contribution in [1.29, 1.82) is 0 Å². The third-order valence-corrected chi connectivity index (χ3v) is 9.69. The first-order valence-electron chi connectivity index (χ1n) is 22.6. The fourth-order valence-electron chi connectivity index (χ4n) is 7.09. The first-order valence-corrected chi connectivity index (χ1v) is 18.1. The molecule has 260 valence electrons. The molecule has 1 nitrogen and oxygen atoms in total. The van der Waals surface area contributed by atoms with Gasteiger partial charge in [0.05, 0.1) is 23.7 Å². The molecule has 0 unspecified atom stereocenters. The SMILES string of the molecule is [2H]c1c([2H])c([2H])c(-c2ccccc2N(c2ccccc2-c2ccccc2-c2ccccc2-c2ccccc2)c2c([2H])c([2H])c(-c3ccc(-c4ccccc4)cc3)c([2H])c2[2H])c([2H])c1[2H]. The summed E-state index contributed by atoms with van der Waals surface area (Å²) in [5.41, 5.74) is 8.90. The maximum absolute atomic E-state index is 9.77. The fourth-order valence-corrected chi connectivity index (χ4v) is 7.09. The van der Waals surface area contributed by atoms with Gasteiger partial charge in [0.1, 0.15) is 0 Å². The Morgan fingerprint density at radius 2 is 0.655 bits per heavy atom. The molecule has 0 saturated heterocycles. The fraction of sp³-hybridized carbons (Fsp3) is 0. The number of nitrogens with zero attached hydrogens (tertiary/aromatic N) is 1. The van der Waals surface area contributed by atoms with E-state index in [1.54, 1.807) is 41.3 Å². The van der Waals surface area contributed by atoms with Crippen molar-refractivity contribution in [1.82, 2.24) is 0 Å². The van der Waals surface area contributed by atoms with E-state index < -0.39 is 30.2 Å². The van der Waals surface area contributed by atoms with Crippen LogP contribution in [0.5, 0.6) is 0 Å². The van der Waals surface area contributed by atoms with Gasteiger partial charge in [0, 0.05) is 16.8 Å². The Morgan fingerprint density at radius 1 is 0.255 bits per heavy atom. The Hall–Kier alpha value is -7.22. The molecule has 9 aromatic rings. The normalized spacial score (nSPS) is 13.2. The molecule has 0 radical (unpaired) electrons. The van der Waals surface area contributed by atoms with Crippen molar-refractivity contribution in [3.63, 3.8) is 0 Å². The monoisotopic (exact) mass is 710 g/mol. The van der Waals surface area contributed by atoms with Crippen molar-refractivity contribution in [2.45, 2.75) is 0 Å². The number of rotatable bonds is 9. The van der Waals surface area contributed by atoms with Gasteiger partial charge in [-0.25, -0.2) is 0 Å². The van der Waals surface area contributed by atoms with E-state index in [9.17, 15) is 5.48 Å². The lowest BCUT2D eigenvalue weighted by Gasteiger charge is -2.30. The molecule has 0 atom stereocenters. The minimum absolute atomic E-state index is 0.0633. The van der Waals surface area contributed by atoms with Crippen LogP contribution in [0.3, 0.4) is 0 Å². The Balaban J connectivity index is 1.32. The maximum atomic E-state index is 9.77. The molecular formula is C54H39N. The number of hydrogen-bond acceptors (Lipinski definition) is 1. The van der Waals surface area contributed by atoms with Crippen LogP contribution < -0.4 is 4.90 Å². The predicted molar refractivity (Wildman–Crippen MR) is 234 cm³/mol. The average molecular weight is 711 g/mol. The van der Waals surface area contributed by atoms with Crippen molar-refractivity contribution in [3.8, 4) is 66.8 Å². The van der Waals surface area contributed by atoms with Gasteiger partial charge in [-0.05, 0) is 79.9 Å². The number of benzene rings is 9. The summed E-state index contributed by atoms with van der Waals surface area (Å²) in [5.74, 6) is 0. The van der Waals surface area contributed by atoms with E-state index in [-0.39, 0.29) is 52.2 Å². The van der Waals surface area contributed by atoms with Crippen LogP contribution in [0.15, 0.2) is 236 Å². The van der Waals surface area contributed by atoms with Crippen LogP contribution >= 0.6 is 0 Å². The lowest BCUT2D eigenvalue weighted by molar-refractivity contribution is 1.28. The van der Waals surface area contributed by atoms with Crippen molar-refractivity contribution in [2.75, 3.05) is 4.90 Å². The molecule has 0 bridgehead atoms. The van der Waals surface area contributed by atoms with E-state index in [1.165, 1.54) is 0 Å². The Kier molecular flexibility index (Phi) is 6.98. The van der Waals surface area contributed by atoms with Gasteiger partial charge in [-0.15, -0.1) is 0 Å². The van der Waals surface area contributed by atoms with Crippen molar-refractivity contribution < 1.29 is 12.3 Å². The Bertz CT molecular complexity index is 3150. The van der Waals surface area contributed by atoms with Crippen LogP contribution in [0.4, 0.5) is 17.1 Å². The summed E-state index contributed by atoms with van der Waals surface area (Å²) in [4.78, 5) is 1.65. The van der Waals surface area contributed by atoms with E-state index in [2.05, 4.69) is 24.3 Å². The van der Waals surface area contributed by atoms with E-state index in [1.807, 2.05) is 121 Å². The molecule has 9 aromatic carbocycles.